The summed E-state index contributed by atoms with van der Waals surface area (Å²) in [5.74, 6) is 0.140. The van der Waals surface area contributed by atoms with Crippen molar-refractivity contribution in [1.82, 2.24) is 0 Å². The molecule has 1 amide bonds. The third-order valence-corrected chi connectivity index (χ3v) is 3.28. The molecule has 0 spiro atoms. The molecule has 0 saturated carbocycles. The lowest BCUT2D eigenvalue weighted by atomic mass is 9.98. The Labute approximate surface area is 103 Å². The van der Waals surface area contributed by atoms with E-state index in [1.165, 1.54) is 30.4 Å². The zero-order valence-corrected chi connectivity index (χ0v) is 10.3. The van der Waals surface area contributed by atoms with E-state index in [9.17, 15) is 4.79 Å². The normalized spacial score (nSPS) is 14.3. The van der Waals surface area contributed by atoms with E-state index in [1.807, 2.05) is 6.07 Å². The monoisotopic (exact) mass is 230 g/mol. The quantitative estimate of drug-likeness (QED) is 0.770. The molecule has 1 aromatic carbocycles. The average Bonchev–Trinajstić information content (AvgIpc) is 2.35. The summed E-state index contributed by atoms with van der Waals surface area (Å²) in [6, 6.07) is 6.43. The minimum absolute atomic E-state index is 0.140. The van der Waals surface area contributed by atoms with Gasteiger partial charge in [0.1, 0.15) is 0 Å². The van der Waals surface area contributed by atoms with Gasteiger partial charge in [0, 0.05) is 12.1 Å². The molecule has 91 valence electrons. The minimum Gasteiger partial charge on any atom is -0.326 e. The van der Waals surface area contributed by atoms with E-state index in [1.54, 1.807) is 0 Å². The highest BCUT2D eigenvalue weighted by molar-refractivity contribution is 5.93. The molecular weight excluding hydrogens is 210 g/mol. The first-order valence-electron chi connectivity index (χ1n) is 6.50. The highest BCUT2D eigenvalue weighted by Gasteiger charge is 2.14. The van der Waals surface area contributed by atoms with Crippen molar-refractivity contribution in [3.05, 3.63) is 36.2 Å². The van der Waals surface area contributed by atoms with Crippen molar-refractivity contribution in [2.75, 3.05) is 5.32 Å². The highest BCUT2D eigenvalue weighted by atomic mass is 16.1. The number of benzene rings is 1. The molecule has 17 heavy (non-hydrogen) atoms. The Balaban J connectivity index is 1.94. The Morgan fingerprint density at radius 1 is 1.18 bits per heavy atom. The molecule has 2 nitrogen and oxygen atoms in total. The fourth-order valence-electron chi connectivity index (χ4n) is 2.27. The molecule has 1 N–H and O–H groups in total. The molecule has 0 atom stereocenters. The fourth-order valence-corrected chi connectivity index (χ4v) is 2.27. The molecule has 0 aromatic heterocycles. The molecule has 0 aliphatic carbocycles. The van der Waals surface area contributed by atoms with Crippen molar-refractivity contribution in [2.24, 2.45) is 0 Å². The summed E-state index contributed by atoms with van der Waals surface area (Å²) in [5.41, 5.74) is 3.69. The maximum absolute atomic E-state index is 11.2. The SMILES string of the molecule is [CH2]CCCCCc1ccc2c(c1)CCC(=O)N2. The first kappa shape index (κ1) is 12.2. The molecule has 1 aliphatic rings. The van der Waals surface area contributed by atoms with Crippen molar-refractivity contribution in [3.8, 4) is 0 Å². The van der Waals surface area contributed by atoms with Crippen LogP contribution in [-0.4, -0.2) is 5.91 Å². The molecule has 1 radical (unpaired) electrons. The molecule has 1 aliphatic heterocycles. The second-order valence-corrected chi connectivity index (χ2v) is 4.70. The zero-order chi connectivity index (χ0) is 12.1. The van der Waals surface area contributed by atoms with Gasteiger partial charge in [-0.1, -0.05) is 38.3 Å². The lowest BCUT2D eigenvalue weighted by molar-refractivity contribution is -0.116. The van der Waals surface area contributed by atoms with Crippen molar-refractivity contribution < 1.29 is 4.79 Å². The van der Waals surface area contributed by atoms with Crippen LogP contribution in [0, 0.1) is 6.92 Å². The van der Waals surface area contributed by atoms with E-state index >= 15 is 0 Å². The number of hydrogen-bond donors (Lipinski definition) is 1. The molecule has 1 aromatic rings. The van der Waals surface area contributed by atoms with Crippen LogP contribution in [0.15, 0.2) is 18.2 Å². The molecule has 0 unspecified atom stereocenters. The number of unbranched alkanes of at least 4 members (excludes halogenated alkanes) is 3. The average molecular weight is 230 g/mol. The zero-order valence-electron chi connectivity index (χ0n) is 10.3. The number of hydrogen-bond acceptors (Lipinski definition) is 1. The Bertz CT molecular complexity index is 398. The number of fused-ring (bicyclic) bond motifs is 1. The third-order valence-electron chi connectivity index (χ3n) is 3.28. The molecule has 2 heteroatoms. The van der Waals surface area contributed by atoms with Gasteiger partial charge < -0.3 is 5.32 Å². The van der Waals surface area contributed by atoms with Crippen LogP contribution in [0.4, 0.5) is 5.69 Å². The summed E-state index contributed by atoms with van der Waals surface area (Å²) in [5, 5.41) is 2.92. The van der Waals surface area contributed by atoms with E-state index < -0.39 is 0 Å². The number of carbonyl (C=O) groups excluding carboxylic acids is 1. The van der Waals surface area contributed by atoms with Crippen LogP contribution in [-0.2, 0) is 17.6 Å². The van der Waals surface area contributed by atoms with Crippen LogP contribution in [0.5, 0.6) is 0 Å². The molecular formula is C15H20NO. The topological polar surface area (TPSA) is 29.1 Å². The second kappa shape index (κ2) is 5.85. The lowest BCUT2D eigenvalue weighted by Crippen LogP contribution is -2.18. The predicted octanol–water partition coefficient (Wildman–Crippen LogP) is 3.51. The molecule has 1 heterocycles. The van der Waals surface area contributed by atoms with Crippen LogP contribution < -0.4 is 5.32 Å². The van der Waals surface area contributed by atoms with Gasteiger partial charge in [-0.3, -0.25) is 4.79 Å². The summed E-state index contributed by atoms with van der Waals surface area (Å²) < 4.78 is 0. The van der Waals surface area contributed by atoms with E-state index in [0.717, 1.165) is 24.9 Å². The van der Waals surface area contributed by atoms with Crippen molar-refractivity contribution in [3.63, 3.8) is 0 Å². The summed E-state index contributed by atoms with van der Waals surface area (Å²) in [7, 11) is 0. The van der Waals surface area contributed by atoms with Gasteiger partial charge in [0.2, 0.25) is 5.91 Å². The second-order valence-electron chi connectivity index (χ2n) is 4.70. The number of nitrogens with one attached hydrogen (secondary N) is 1. The highest BCUT2D eigenvalue weighted by Crippen LogP contribution is 2.24. The van der Waals surface area contributed by atoms with E-state index in [2.05, 4.69) is 24.4 Å². The van der Waals surface area contributed by atoms with Gasteiger partial charge >= 0.3 is 0 Å². The van der Waals surface area contributed by atoms with Crippen LogP contribution in [0.2, 0.25) is 0 Å². The Morgan fingerprint density at radius 3 is 2.88 bits per heavy atom. The number of carbonyl (C=O) groups is 1. The van der Waals surface area contributed by atoms with Gasteiger partial charge in [0.05, 0.1) is 0 Å². The first-order valence-corrected chi connectivity index (χ1v) is 6.50. The Morgan fingerprint density at radius 2 is 2.06 bits per heavy atom. The lowest BCUT2D eigenvalue weighted by Gasteiger charge is -2.17. The third kappa shape index (κ3) is 3.32. The van der Waals surface area contributed by atoms with E-state index in [-0.39, 0.29) is 5.91 Å². The standard InChI is InChI=1S/C15H20NO/c1-2-3-4-5-6-12-7-9-14-13(11-12)8-10-15(17)16-14/h7,9,11H,1-6,8,10H2,(H,16,17). The Hall–Kier alpha value is -1.31. The van der Waals surface area contributed by atoms with Crippen molar-refractivity contribution in [2.45, 2.75) is 44.9 Å². The van der Waals surface area contributed by atoms with Gasteiger partial charge in [-0.2, -0.15) is 0 Å². The Kier molecular flexibility index (Phi) is 4.18. The van der Waals surface area contributed by atoms with Crippen LogP contribution in [0.1, 0.15) is 43.2 Å². The van der Waals surface area contributed by atoms with Gasteiger partial charge in [-0.15, -0.1) is 0 Å². The summed E-state index contributed by atoms with van der Waals surface area (Å²) >= 11 is 0. The molecule has 0 fully saturated rings. The summed E-state index contributed by atoms with van der Waals surface area (Å²) in [4.78, 5) is 11.2. The smallest absolute Gasteiger partial charge is 0.224 e. The summed E-state index contributed by atoms with van der Waals surface area (Å²) in [6.07, 6.45) is 7.41. The largest absolute Gasteiger partial charge is 0.326 e. The molecule has 0 saturated heterocycles. The summed E-state index contributed by atoms with van der Waals surface area (Å²) in [6.45, 7) is 3.85. The fraction of sp³-hybridized carbons (Fsp3) is 0.467. The van der Waals surface area contributed by atoms with Gasteiger partial charge in [-0.25, -0.2) is 0 Å². The number of rotatable bonds is 5. The predicted molar refractivity (Wildman–Crippen MR) is 70.9 cm³/mol. The van der Waals surface area contributed by atoms with E-state index in [0.29, 0.717) is 6.42 Å². The number of amides is 1. The number of anilines is 1. The molecule has 2 rings (SSSR count). The van der Waals surface area contributed by atoms with Crippen LogP contribution >= 0.6 is 0 Å². The maximum atomic E-state index is 11.2. The van der Waals surface area contributed by atoms with Crippen LogP contribution in [0.25, 0.3) is 0 Å². The molecule has 0 bridgehead atoms. The van der Waals surface area contributed by atoms with E-state index in [4.69, 9.17) is 0 Å². The first-order chi connectivity index (χ1) is 8.29. The van der Waals surface area contributed by atoms with Gasteiger partial charge in [0.25, 0.3) is 0 Å². The van der Waals surface area contributed by atoms with Gasteiger partial charge in [-0.05, 0) is 36.5 Å². The van der Waals surface area contributed by atoms with Crippen LogP contribution in [0.3, 0.4) is 0 Å². The van der Waals surface area contributed by atoms with Crippen molar-refractivity contribution in [1.29, 1.82) is 0 Å². The maximum Gasteiger partial charge on any atom is 0.224 e. The van der Waals surface area contributed by atoms with Crippen molar-refractivity contribution >= 4 is 11.6 Å². The van der Waals surface area contributed by atoms with Gasteiger partial charge in [0.15, 0.2) is 0 Å². The minimum atomic E-state index is 0.140. The number of aryl methyl sites for hydroxylation is 2.